The highest BCUT2D eigenvalue weighted by molar-refractivity contribution is 8.14. The van der Waals surface area contributed by atoms with E-state index in [4.69, 9.17) is 5.11 Å². The third-order valence-electron chi connectivity index (χ3n) is 3.08. The molecular weight excluding hydrogens is 292 g/mol. The highest BCUT2D eigenvalue weighted by atomic mass is 32.2. The lowest BCUT2D eigenvalue weighted by Gasteiger charge is -2.25. The number of carboxylic acid groups (broad SMARTS) is 1. The van der Waals surface area contributed by atoms with Gasteiger partial charge in [0.15, 0.2) is 0 Å². The number of para-hydroxylation sites is 1. The highest BCUT2D eigenvalue weighted by Gasteiger charge is 2.31. The Labute approximate surface area is 126 Å². The molecule has 21 heavy (non-hydrogen) atoms. The van der Waals surface area contributed by atoms with Crippen molar-refractivity contribution in [2.24, 2.45) is 0 Å². The molecule has 0 bridgehead atoms. The minimum atomic E-state index is -0.889. The Hall–Kier alpha value is -2.02. The molecule has 1 aliphatic heterocycles. The SMILES string of the molecule is O=C(O)CCCN(C(=O)C1CSC(=O)N1)c1ccccc1. The number of nitrogens with zero attached hydrogens (tertiary/aromatic N) is 1. The second-order valence-corrected chi connectivity index (χ2v) is 5.61. The standard InChI is InChI=1S/C14H16N2O4S/c17-12(18)7-4-8-16(10-5-2-1-3-6-10)13(19)11-9-21-14(20)15-11/h1-3,5-6,11H,4,7-9H2,(H,15,20)(H,17,18). The van der Waals surface area contributed by atoms with Crippen molar-refractivity contribution in [3.63, 3.8) is 0 Å². The number of hydrogen-bond donors (Lipinski definition) is 2. The van der Waals surface area contributed by atoms with Gasteiger partial charge < -0.3 is 15.3 Å². The number of hydrogen-bond acceptors (Lipinski definition) is 4. The monoisotopic (exact) mass is 308 g/mol. The van der Waals surface area contributed by atoms with Gasteiger partial charge in [0, 0.05) is 24.4 Å². The molecule has 1 aromatic rings. The van der Waals surface area contributed by atoms with Gasteiger partial charge in [-0.3, -0.25) is 14.4 Å². The lowest BCUT2D eigenvalue weighted by molar-refractivity contribution is -0.137. The van der Waals surface area contributed by atoms with E-state index in [9.17, 15) is 14.4 Å². The number of aliphatic carboxylic acids is 1. The number of anilines is 1. The Kier molecular flexibility index (Phi) is 5.21. The lowest BCUT2D eigenvalue weighted by Crippen LogP contribution is -2.46. The summed E-state index contributed by atoms with van der Waals surface area (Å²) >= 11 is 1.08. The number of carboxylic acids is 1. The summed E-state index contributed by atoms with van der Waals surface area (Å²) in [7, 11) is 0. The minimum Gasteiger partial charge on any atom is -0.481 e. The van der Waals surface area contributed by atoms with Crippen molar-refractivity contribution in [2.75, 3.05) is 17.2 Å². The van der Waals surface area contributed by atoms with Gasteiger partial charge in [0.05, 0.1) is 0 Å². The molecule has 1 fully saturated rings. The van der Waals surface area contributed by atoms with Crippen LogP contribution < -0.4 is 10.2 Å². The molecular formula is C14H16N2O4S. The highest BCUT2D eigenvalue weighted by Crippen LogP contribution is 2.20. The minimum absolute atomic E-state index is 0.00237. The first kappa shape index (κ1) is 15.4. The fourth-order valence-corrected chi connectivity index (χ4v) is 2.84. The van der Waals surface area contributed by atoms with Gasteiger partial charge in [0.2, 0.25) is 5.91 Å². The van der Waals surface area contributed by atoms with Gasteiger partial charge in [-0.15, -0.1) is 0 Å². The smallest absolute Gasteiger partial charge is 0.303 e. The van der Waals surface area contributed by atoms with Crippen molar-refractivity contribution in [1.29, 1.82) is 0 Å². The zero-order valence-corrected chi connectivity index (χ0v) is 12.1. The molecule has 0 aliphatic carbocycles. The summed E-state index contributed by atoms with van der Waals surface area (Å²) in [5.41, 5.74) is 0.707. The van der Waals surface area contributed by atoms with Crippen molar-refractivity contribution < 1.29 is 19.5 Å². The normalized spacial score (nSPS) is 17.3. The van der Waals surface area contributed by atoms with Crippen LogP contribution in [0.3, 0.4) is 0 Å². The summed E-state index contributed by atoms with van der Waals surface area (Å²) in [5, 5.41) is 11.1. The van der Waals surface area contributed by atoms with E-state index in [2.05, 4.69) is 5.32 Å². The number of benzene rings is 1. The van der Waals surface area contributed by atoms with Crippen molar-refractivity contribution >= 4 is 34.6 Å². The summed E-state index contributed by atoms with van der Waals surface area (Å²) in [6, 6.07) is 8.51. The van der Waals surface area contributed by atoms with Crippen LogP contribution in [-0.4, -0.2) is 40.6 Å². The molecule has 6 nitrogen and oxygen atoms in total. The fraction of sp³-hybridized carbons (Fsp3) is 0.357. The lowest BCUT2D eigenvalue weighted by atomic mass is 10.2. The zero-order valence-electron chi connectivity index (χ0n) is 11.3. The van der Waals surface area contributed by atoms with E-state index in [1.165, 1.54) is 0 Å². The Morgan fingerprint density at radius 2 is 2.05 bits per heavy atom. The van der Waals surface area contributed by atoms with E-state index in [-0.39, 0.29) is 17.6 Å². The molecule has 0 saturated carbocycles. The van der Waals surface area contributed by atoms with Crippen molar-refractivity contribution in [2.45, 2.75) is 18.9 Å². The van der Waals surface area contributed by atoms with Crippen LogP contribution >= 0.6 is 11.8 Å². The molecule has 0 radical (unpaired) electrons. The van der Waals surface area contributed by atoms with E-state index in [0.29, 0.717) is 24.4 Å². The fourth-order valence-electron chi connectivity index (χ4n) is 2.07. The number of nitrogens with one attached hydrogen (secondary N) is 1. The maximum Gasteiger partial charge on any atom is 0.303 e. The predicted molar refractivity (Wildman–Crippen MR) is 80.4 cm³/mol. The number of carbonyl (C=O) groups is 3. The molecule has 2 N–H and O–H groups in total. The first-order valence-corrected chi connectivity index (χ1v) is 7.58. The first-order valence-electron chi connectivity index (χ1n) is 6.59. The van der Waals surface area contributed by atoms with E-state index in [1.54, 1.807) is 17.0 Å². The third kappa shape index (κ3) is 4.22. The molecule has 7 heteroatoms. The largest absolute Gasteiger partial charge is 0.481 e. The van der Waals surface area contributed by atoms with Gasteiger partial charge in [-0.05, 0) is 18.6 Å². The molecule has 2 amide bonds. The molecule has 0 aromatic heterocycles. The van der Waals surface area contributed by atoms with Crippen LogP contribution in [0.25, 0.3) is 0 Å². The van der Waals surface area contributed by atoms with E-state index in [1.807, 2.05) is 18.2 Å². The molecule has 1 aromatic carbocycles. The van der Waals surface area contributed by atoms with Crippen LogP contribution in [-0.2, 0) is 9.59 Å². The molecule has 2 rings (SSSR count). The van der Waals surface area contributed by atoms with Crippen LogP contribution in [0, 0.1) is 0 Å². The molecule has 1 unspecified atom stereocenters. The second-order valence-electron chi connectivity index (χ2n) is 4.62. The molecule has 1 aliphatic rings. The van der Waals surface area contributed by atoms with E-state index in [0.717, 1.165) is 11.8 Å². The quantitative estimate of drug-likeness (QED) is 0.835. The van der Waals surface area contributed by atoms with Gasteiger partial charge in [-0.1, -0.05) is 30.0 Å². The average molecular weight is 308 g/mol. The average Bonchev–Trinajstić information content (AvgIpc) is 2.90. The van der Waals surface area contributed by atoms with Crippen molar-refractivity contribution in [3.8, 4) is 0 Å². The Morgan fingerprint density at radius 1 is 1.33 bits per heavy atom. The number of thioether (sulfide) groups is 1. The zero-order chi connectivity index (χ0) is 15.2. The summed E-state index contributed by atoms with van der Waals surface area (Å²) in [6.07, 6.45) is 0.367. The van der Waals surface area contributed by atoms with E-state index >= 15 is 0 Å². The maximum atomic E-state index is 12.5. The maximum absolute atomic E-state index is 12.5. The topological polar surface area (TPSA) is 86.7 Å². The molecule has 112 valence electrons. The molecule has 1 atom stereocenters. The van der Waals surface area contributed by atoms with Crippen LogP contribution in [0.4, 0.5) is 10.5 Å². The number of amides is 2. The summed E-state index contributed by atoms with van der Waals surface area (Å²) in [5.74, 6) is -0.690. The van der Waals surface area contributed by atoms with Crippen LogP contribution in [0.1, 0.15) is 12.8 Å². The van der Waals surface area contributed by atoms with Crippen LogP contribution in [0.15, 0.2) is 30.3 Å². The van der Waals surface area contributed by atoms with Crippen LogP contribution in [0.5, 0.6) is 0 Å². The van der Waals surface area contributed by atoms with Gasteiger partial charge in [-0.2, -0.15) is 0 Å². The number of rotatable bonds is 6. The Bertz CT molecular complexity index is 535. The van der Waals surface area contributed by atoms with Gasteiger partial charge in [0.1, 0.15) is 6.04 Å². The Balaban J connectivity index is 2.09. The van der Waals surface area contributed by atoms with Crippen LogP contribution in [0.2, 0.25) is 0 Å². The molecule has 1 saturated heterocycles. The van der Waals surface area contributed by atoms with Gasteiger partial charge in [0.25, 0.3) is 5.24 Å². The number of carbonyl (C=O) groups excluding carboxylic acids is 2. The Morgan fingerprint density at radius 3 is 2.62 bits per heavy atom. The molecule has 0 spiro atoms. The first-order chi connectivity index (χ1) is 10.1. The summed E-state index contributed by atoms with van der Waals surface area (Å²) in [6.45, 7) is 0.312. The third-order valence-corrected chi connectivity index (χ3v) is 3.96. The predicted octanol–water partition coefficient (Wildman–Crippen LogP) is 1.71. The van der Waals surface area contributed by atoms with Crippen molar-refractivity contribution in [3.05, 3.63) is 30.3 Å². The summed E-state index contributed by atoms with van der Waals surface area (Å²) in [4.78, 5) is 35.9. The van der Waals surface area contributed by atoms with Gasteiger partial charge in [-0.25, -0.2) is 0 Å². The molecule has 1 heterocycles. The van der Waals surface area contributed by atoms with Crippen molar-refractivity contribution in [1.82, 2.24) is 5.32 Å². The van der Waals surface area contributed by atoms with E-state index < -0.39 is 12.0 Å². The second kappa shape index (κ2) is 7.12. The van der Waals surface area contributed by atoms with Gasteiger partial charge >= 0.3 is 5.97 Å². The summed E-state index contributed by atoms with van der Waals surface area (Å²) < 4.78 is 0.